The van der Waals surface area contributed by atoms with Gasteiger partial charge in [0.2, 0.25) is 0 Å². The molecule has 0 saturated heterocycles. The monoisotopic (exact) mass is 193 g/mol. The minimum Gasteiger partial charge on any atom is -0.272 e. The Balaban J connectivity index is 4.80. The highest BCUT2D eigenvalue weighted by molar-refractivity contribution is 8.62. The van der Waals surface area contributed by atoms with Gasteiger partial charge in [-0.15, -0.1) is 4.99 Å². The lowest BCUT2D eigenvalue weighted by Crippen LogP contribution is -2.19. The summed E-state index contributed by atoms with van der Waals surface area (Å²) in [6, 6.07) is 0. The number of rotatable bonds is 3. The summed E-state index contributed by atoms with van der Waals surface area (Å²) in [5.74, 6) is 4.03. The van der Waals surface area contributed by atoms with Crippen molar-refractivity contribution in [2.75, 3.05) is 0 Å². The first-order chi connectivity index (χ1) is 4.31. The van der Waals surface area contributed by atoms with E-state index in [2.05, 4.69) is 15.2 Å². The average molecular weight is 193 g/mol. The smallest absolute Gasteiger partial charge is 0.272 e. The Kier molecular flexibility index (Phi) is 2.70. The fourth-order valence-corrected chi connectivity index (χ4v) is 0.556. The third-order valence-electron chi connectivity index (χ3n) is 0.381. The summed E-state index contributed by atoms with van der Waals surface area (Å²) >= 11 is 0. The molecule has 0 amide bonds. The van der Waals surface area contributed by atoms with Gasteiger partial charge in [-0.05, 0) is 0 Å². The lowest BCUT2D eigenvalue weighted by atomic mass is 13.5. The standard InChI is InChI=1S/H3NO7S2/c1-7-8-10(5,6)9(2,3)4/h1H2,(H,2,3,4). The van der Waals surface area contributed by atoms with Gasteiger partial charge in [-0.3, -0.25) is 4.55 Å². The minimum atomic E-state index is -5.32. The first-order valence-electron chi connectivity index (χ1n) is 1.58. The molecule has 62 valence electrons. The van der Waals surface area contributed by atoms with Crippen LogP contribution in [0.4, 0.5) is 0 Å². The number of nitrogens with two attached hydrogens (primary N) is 1. The predicted molar refractivity (Wildman–Crippen MR) is 26.8 cm³/mol. The first kappa shape index (κ1) is 9.74. The van der Waals surface area contributed by atoms with E-state index in [4.69, 9.17) is 4.55 Å². The van der Waals surface area contributed by atoms with E-state index in [1.165, 1.54) is 0 Å². The van der Waals surface area contributed by atoms with Crippen LogP contribution in [-0.4, -0.2) is 21.4 Å². The molecule has 0 bridgehead atoms. The molecule has 0 radical (unpaired) electrons. The van der Waals surface area contributed by atoms with Crippen LogP contribution in [-0.2, 0) is 27.6 Å². The molecule has 0 aromatic rings. The van der Waals surface area contributed by atoms with E-state index in [1.807, 2.05) is 0 Å². The van der Waals surface area contributed by atoms with Crippen molar-refractivity contribution in [1.82, 2.24) is 0 Å². The highest BCUT2D eigenvalue weighted by Gasteiger charge is 2.29. The van der Waals surface area contributed by atoms with Gasteiger partial charge in [-0.1, -0.05) is 4.33 Å². The van der Waals surface area contributed by atoms with Gasteiger partial charge in [-0.2, -0.15) is 22.7 Å². The van der Waals surface area contributed by atoms with E-state index >= 15 is 0 Å². The summed E-state index contributed by atoms with van der Waals surface area (Å²) in [4.78, 5) is 3.01. The molecular formula is H3NO7S2. The Labute approximate surface area is 55.7 Å². The maximum atomic E-state index is 9.99. The number of hydrogen-bond donors (Lipinski definition) is 2. The quantitative estimate of drug-likeness (QED) is 0.226. The van der Waals surface area contributed by atoms with Crippen LogP contribution in [0.2, 0.25) is 0 Å². The van der Waals surface area contributed by atoms with Crippen molar-refractivity contribution in [3.63, 3.8) is 0 Å². The van der Waals surface area contributed by atoms with E-state index in [1.54, 1.807) is 0 Å². The van der Waals surface area contributed by atoms with Crippen molar-refractivity contribution in [2.45, 2.75) is 0 Å². The van der Waals surface area contributed by atoms with Crippen LogP contribution in [0.15, 0.2) is 0 Å². The molecule has 3 N–H and O–H groups in total. The molecule has 0 aromatic heterocycles. The Bertz CT molecular complexity index is 280. The Morgan fingerprint density at radius 2 is 1.60 bits per heavy atom. The van der Waals surface area contributed by atoms with Gasteiger partial charge in [0.05, 0.1) is 0 Å². The maximum Gasteiger partial charge on any atom is 0.427 e. The van der Waals surface area contributed by atoms with Gasteiger partial charge in [0.15, 0.2) is 0 Å². The maximum absolute atomic E-state index is 9.99. The van der Waals surface area contributed by atoms with Crippen LogP contribution in [0.25, 0.3) is 0 Å². The summed E-state index contributed by atoms with van der Waals surface area (Å²) in [5.41, 5.74) is 0. The zero-order chi connectivity index (χ0) is 8.41. The molecular weight excluding hydrogens is 190 g/mol. The second-order valence-electron chi connectivity index (χ2n) is 1.00. The van der Waals surface area contributed by atoms with E-state index in [9.17, 15) is 16.8 Å². The molecule has 0 fully saturated rings. The van der Waals surface area contributed by atoms with Crippen molar-refractivity contribution in [3.8, 4) is 0 Å². The van der Waals surface area contributed by atoms with E-state index in [0.717, 1.165) is 0 Å². The molecule has 0 heterocycles. The van der Waals surface area contributed by atoms with Crippen molar-refractivity contribution < 1.29 is 30.7 Å². The summed E-state index contributed by atoms with van der Waals surface area (Å²) in [7, 11) is -10.5. The highest BCUT2D eigenvalue weighted by atomic mass is 33.2. The second-order valence-corrected chi connectivity index (χ2v) is 5.30. The molecule has 8 nitrogen and oxygen atoms in total. The van der Waals surface area contributed by atoms with Gasteiger partial charge in [0.25, 0.3) is 0 Å². The minimum absolute atomic E-state index is 3.01. The van der Waals surface area contributed by atoms with Crippen molar-refractivity contribution >= 4 is 18.3 Å². The van der Waals surface area contributed by atoms with Crippen molar-refractivity contribution in [3.05, 3.63) is 0 Å². The molecule has 0 rings (SSSR count). The largest absolute Gasteiger partial charge is 0.427 e. The topological polar surface area (TPSA) is 133 Å². The molecule has 0 spiro atoms. The Morgan fingerprint density at radius 1 is 1.20 bits per heavy atom. The van der Waals surface area contributed by atoms with E-state index in [0.29, 0.717) is 0 Å². The molecule has 0 aliphatic rings. The predicted octanol–water partition coefficient (Wildman–Crippen LogP) is -2.06. The lowest BCUT2D eigenvalue weighted by molar-refractivity contribution is -0.203. The molecule has 0 unspecified atom stereocenters. The molecule has 0 aliphatic carbocycles. The Morgan fingerprint density at radius 3 is 1.70 bits per heavy atom. The fourth-order valence-electron chi connectivity index (χ4n) is 0.0832. The zero-order valence-corrected chi connectivity index (χ0v) is 5.92. The van der Waals surface area contributed by atoms with Crippen LogP contribution in [0, 0.1) is 0 Å². The molecule has 0 atom stereocenters. The Hall–Kier alpha value is -0.260. The second kappa shape index (κ2) is 2.77. The lowest BCUT2D eigenvalue weighted by Gasteiger charge is -1.94. The molecule has 10 heavy (non-hydrogen) atoms. The SMILES string of the molecule is NOOS(=O)(=O)S(=O)(=O)O. The normalized spacial score (nSPS) is 13.4. The van der Waals surface area contributed by atoms with Gasteiger partial charge in [0.1, 0.15) is 0 Å². The fraction of sp³-hybridized carbons (Fsp3) is 0. The van der Waals surface area contributed by atoms with Crippen molar-refractivity contribution in [1.29, 1.82) is 0 Å². The van der Waals surface area contributed by atoms with Crippen LogP contribution in [0.1, 0.15) is 0 Å². The number of hydrogen-bond acceptors (Lipinski definition) is 7. The van der Waals surface area contributed by atoms with Gasteiger partial charge >= 0.3 is 18.3 Å². The van der Waals surface area contributed by atoms with Crippen LogP contribution < -0.4 is 5.90 Å². The van der Waals surface area contributed by atoms with E-state index in [-0.39, 0.29) is 0 Å². The summed E-state index contributed by atoms with van der Waals surface area (Å²) in [6.07, 6.45) is 0. The van der Waals surface area contributed by atoms with Gasteiger partial charge in [0, 0.05) is 0 Å². The zero-order valence-electron chi connectivity index (χ0n) is 4.29. The summed E-state index contributed by atoms with van der Waals surface area (Å²) in [5, 5.41) is 0. The molecule has 10 heteroatoms. The first-order valence-corrected chi connectivity index (χ1v) is 4.95. The summed E-state index contributed by atoms with van der Waals surface area (Å²) < 4.78 is 50.3. The van der Waals surface area contributed by atoms with E-state index < -0.39 is 18.3 Å². The van der Waals surface area contributed by atoms with Gasteiger partial charge in [-0.25, -0.2) is 0 Å². The van der Waals surface area contributed by atoms with Crippen molar-refractivity contribution in [2.24, 2.45) is 5.90 Å². The third kappa shape index (κ3) is 2.17. The highest BCUT2D eigenvalue weighted by Crippen LogP contribution is 2.00. The van der Waals surface area contributed by atoms with Crippen LogP contribution in [0.5, 0.6) is 0 Å². The average Bonchev–Trinajstić information content (AvgIpc) is 1.61. The molecule has 0 aliphatic heterocycles. The van der Waals surface area contributed by atoms with Crippen LogP contribution in [0.3, 0.4) is 0 Å². The molecule has 0 saturated carbocycles. The van der Waals surface area contributed by atoms with Crippen LogP contribution >= 0.6 is 0 Å². The summed E-state index contributed by atoms with van der Waals surface area (Å²) in [6.45, 7) is 0. The third-order valence-corrected chi connectivity index (χ3v) is 2.86. The van der Waals surface area contributed by atoms with Gasteiger partial charge < -0.3 is 0 Å². The molecule has 0 aromatic carbocycles.